The molecule has 0 saturated carbocycles. The van der Waals surface area contributed by atoms with Crippen LogP contribution in [-0.2, 0) is 6.42 Å². The molecule has 5 heteroatoms. The van der Waals surface area contributed by atoms with Crippen molar-refractivity contribution < 1.29 is 4.74 Å². The van der Waals surface area contributed by atoms with Gasteiger partial charge >= 0.3 is 0 Å². The normalized spacial score (nSPS) is 14.5. The zero-order valence-corrected chi connectivity index (χ0v) is 18.3. The van der Waals surface area contributed by atoms with Crippen molar-refractivity contribution in [1.82, 2.24) is 15.2 Å². The number of nitrogens with two attached hydrogens (primary N) is 1. The molecule has 0 amide bonds. The van der Waals surface area contributed by atoms with E-state index in [-0.39, 0.29) is 6.04 Å². The number of fused-ring (bicyclic) bond motifs is 1. The topological polar surface area (TPSA) is 76.8 Å². The number of hydrogen-bond donors (Lipinski definition) is 2. The number of nitrogens with zero attached hydrogens (tertiary/aromatic N) is 2. The third kappa shape index (κ3) is 4.30. The summed E-state index contributed by atoms with van der Waals surface area (Å²) in [5, 5.41) is 8.57. The lowest BCUT2D eigenvalue weighted by Crippen LogP contribution is -2.30. The third-order valence-electron chi connectivity index (χ3n) is 6.07. The van der Waals surface area contributed by atoms with Gasteiger partial charge in [-0.15, -0.1) is 0 Å². The zero-order chi connectivity index (χ0) is 21.9. The maximum atomic E-state index is 6.33. The van der Waals surface area contributed by atoms with Gasteiger partial charge < -0.3 is 10.5 Å². The zero-order valence-electron chi connectivity index (χ0n) is 18.3. The van der Waals surface area contributed by atoms with Crippen molar-refractivity contribution >= 4 is 16.5 Å². The molecule has 5 rings (SSSR count). The van der Waals surface area contributed by atoms with Crippen LogP contribution in [0.2, 0.25) is 0 Å². The molecule has 1 aliphatic carbocycles. The van der Waals surface area contributed by atoms with Gasteiger partial charge in [0.2, 0.25) is 0 Å². The van der Waals surface area contributed by atoms with Gasteiger partial charge in [0.1, 0.15) is 12.4 Å². The second-order valence-electron chi connectivity index (χ2n) is 8.53. The standard InChI is InChI=1S/C27H28N4O/c1-18-24-14-21(11-12-26(24)31-30-18)25-15-23(16-29-27(25)20-9-5-6-10-20)32-17-22(28)13-19-7-3-2-4-8-19/h2-4,7-9,11-12,14-16,22H,5-6,10,13,17,28H2,1H3,(H,30,31)/t22-/m0/s1. The fourth-order valence-corrected chi connectivity index (χ4v) is 4.37. The van der Waals surface area contributed by atoms with Crippen LogP contribution in [0.15, 0.2) is 66.9 Å². The Labute approximate surface area is 188 Å². The summed E-state index contributed by atoms with van der Waals surface area (Å²) in [7, 11) is 0. The lowest BCUT2D eigenvalue weighted by Gasteiger charge is -2.16. The average molecular weight is 425 g/mol. The molecule has 0 fully saturated rings. The number of aromatic nitrogens is 3. The minimum atomic E-state index is -0.0806. The summed E-state index contributed by atoms with van der Waals surface area (Å²) in [6.45, 7) is 2.49. The van der Waals surface area contributed by atoms with Crippen molar-refractivity contribution in [3.63, 3.8) is 0 Å². The van der Waals surface area contributed by atoms with Crippen LogP contribution in [0.4, 0.5) is 0 Å². The molecule has 2 aromatic heterocycles. The van der Waals surface area contributed by atoms with Crippen LogP contribution >= 0.6 is 0 Å². The molecule has 0 bridgehead atoms. The third-order valence-corrected chi connectivity index (χ3v) is 6.07. The number of nitrogens with one attached hydrogen (secondary N) is 1. The lowest BCUT2D eigenvalue weighted by atomic mass is 9.97. The maximum Gasteiger partial charge on any atom is 0.138 e. The van der Waals surface area contributed by atoms with Crippen LogP contribution in [0.25, 0.3) is 27.6 Å². The molecule has 4 aromatic rings. The van der Waals surface area contributed by atoms with Gasteiger partial charge in [-0.25, -0.2) is 0 Å². The smallest absolute Gasteiger partial charge is 0.138 e. The highest BCUT2D eigenvalue weighted by Crippen LogP contribution is 2.36. The van der Waals surface area contributed by atoms with E-state index in [4.69, 9.17) is 15.5 Å². The molecule has 0 aliphatic heterocycles. The number of rotatable bonds is 7. The highest BCUT2D eigenvalue weighted by Gasteiger charge is 2.17. The van der Waals surface area contributed by atoms with Gasteiger partial charge in [0.05, 0.1) is 17.4 Å². The van der Waals surface area contributed by atoms with E-state index in [2.05, 4.69) is 52.7 Å². The van der Waals surface area contributed by atoms with Gasteiger partial charge in [-0.2, -0.15) is 5.10 Å². The quantitative estimate of drug-likeness (QED) is 0.414. The van der Waals surface area contributed by atoms with E-state index in [1.807, 2.05) is 31.3 Å². The van der Waals surface area contributed by atoms with E-state index in [1.165, 1.54) is 17.6 Å². The lowest BCUT2D eigenvalue weighted by molar-refractivity contribution is 0.286. The second-order valence-corrected chi connectivity index (χ2v) is 8.53. The van der Waals surface area contributed by atoms with E-state index >= 15 is 0 Å². The van der Waals surface area contributed by atoms with Crippen LogP contribution in [-0.4, -0.2) is 27.8 Å². The molecule has 1 aliphatic rings. The molecular formula is C27H28N4O. The first kappa shape index (κ1) is 20.5. The molecule has 2 aromatic carbocycles. The number of benzene rings is 2. The number of allylic oxidation sites excluding steroid dienone is 2. The highest BCUT2D eigenvalue weighted by molar-refractivity contribution is 5.89. The van der Waals surface area contributed by atoms with Gasteiger partial charge in [-0.1, -0.05) is 42.5 Å². The van der Waals surface area contributed by atoms with Gasteiger partial charge in [0, 0.05) is 22.7 Å². The molecule has 0 saturated heterocycles. The van der Waals surface area contributed by atoms with Crippen molar-refractivity contribution in [3.05, 3.63) is 83.8 Å². The molecule has 2 heterocycles. The van der Waals surface area contributed by atoms with E-state index in [0.717, 1.165) is 58.4 Å². The average Bonchev–Trinajstić information content (AvgIpc) is 3.48. The number of pyridine rings is 1. The van der Waals surface area contributed by atoms with Crippen LogP contribution in [0, 0.1) is 6.92 Å². The Hall–Kier alpha value is -3.44. The first-order valence-electron chi connectivity index (χ1n) is 11.2. The number of aryl methyl sites for hydroxylation is 1. The van der Waals surface area contributed by atoms with Crippen molar-refractivity contribution in [2.45, 2.75) is 38.6 Å². The SMILES string of the molecule is Cc1[nH]nc2ccc(-c3cc(OC[C@@H](N)Cc4ccccc4)cnc3C3=CCCC3)cc12. The van der Waals surface area contributed by atoms with Gasteiger partial charge in [-0.3, -0.25) is 10.1 Å². The fraction of sp³-hybridized carbons (Fsp3) is 0.259. The summed E-state index contributed by atoms with van der Waals surface area (Å²) in [6.07, 6.45) is 8.28. The summed E-state index contributed by atoms with van der Waals surface area (Å²) in [4.78, 5) is 4.83. The summed E-state index contributed by atoms with van der Waals surface area (Å²) in [6, 6.07) is 18.7. The summed E-state index contributed by atoms with van der Waals surface area (Å²) in [5.74, 6) is 0.745. The fourth-order valence-electron chi connectivity index (χ4n) is 4.37. The Morgan fingerprint density at radius 3 is 2.81 bits per heavy atom. The van der Waals surface area contributed by atoms with Gasteiger partial charge in [0.25, 0.3) is 0 Å². The maximum absolute atomic E-state index is 6.33. The van der Waals surface area contributed by atoms with Crippen LogP contribution < -0.4 is 10.5 Å². The summed E-state index contributed by atoms with van der Waals surface area (Å²) >= 11 is 0. The number of hydrogen-bond acceptors (Lipinski definition) is 4. The Kier molecular flexibility index (Phi) is 5.73. The summed E-state index contributed by atoms with van der Waals surface area (Å²) < 4.78 is 6.09. The Bertz CT molecular complexity index is 1260. The molecule has 5 nitrogen and oxygen atoms in total. The Morgan fingerprint density at radius 1 is 1.12 bits per heavy atom. The van der Waals surface area contributed by atoms with Crippen LogP contribution in [0.1, 0.15) is 36.2 Å². The molecule has 0 radical (unpaired) electrons. The van der Waals surface area contributed by atoms with Crippen molar-refractivity contribution in [2.75, 3.05) is 6.61 Å². The van der Waals surface area contributed by atoms with Crippen LogP contribution in [0.3, 0.4) is 0 Å². The first-order chi connectivity index (χ1) is 15.7. The number of aromatic amines is 1. The molecule has 0 spiro atoms. The number of ether oxygens (including phenoxy) is 1. The monoisotopic (exact) mass is 424 g/mol. The van der Waals surface area contributed by atoms with Crippen LogP contribution in [0.5, 0.6) is 5.75 Å². The predicted molar refractivity (Wildman–Crippen MR) is 130 cm³/mol. The first-order valence-corrected chi connectivity index (χ1v) is 11.2. The molecule has 0 unspecified atom stereocenters. The molecule has 1 atom stereocenters. The van der Waals surface area contributed by atoms with E-state index in [9.17, 15) is 0 Å². The minimum absolute atomic E-state index is 0.0806. The van der Waals surface area contributed by atoms with Crippen molar-refractivity contribution in [2.24, 2.45) is 5.73 Å². The molecule has 3 N–H and O–H groups in total. The molecule has 162 valence electrons. The summed E-state index contributed by atoms with van der Waals surface area (Å²) in [5.41, 5.74) is 14.2. The Balaban J connectivity index is 1.42. The van der Waals surface area contributed by atoms with Gasteiger partial charge in [0.15, 0.2) is 0 Å². The molecule has 32 heavy (non-hydrogen) atoms. The minimum Gasteiger partial charge on any atom is -0.490 e. The molecular weight excluding hydrogens is 396 g/mol. The highest BCUT2D eigenvalue weighted by atomic mass is 16.5. The van der Waals surface area contributed by atoms with Crippen molar-refractivity contribution in [1.29, 1.82) is 0 Å². The largest absolute Gasteiger partial charge is 0.490 e. The van der Waals surface area contributed by atoms with E-state index < -0.39 is 0 Å². The Morgan fingerprint density at radius 2 is 2.00 bits per heavy atom. The van der Waals surface area contributed by atoms with Crippen molar-refractivity contribution in [3.8, 4) is 16.9 Å². The second kappa shape index (κ2) is 8.97. The number of H-pyrrole nitrogens is 1. The van der Waals surface area contributed by atoms with Gasteiger partial charge in [-0.05, 0) is 67.5 Å². The van der Waals surface area contributed by atoms with E-state index in [0.29, 0.717) is 6.61 Å². The van der Waals surface area contributed by atoms with E-state index in [1.54, 1.807) is 0 Å². The predicted octanol–water partition coefficient (Wildman–Crippen LogP) is 5.45.